The molecule has 1 atom stereocenters. The molecule has 0 amide bonds. The van der Waals surface area contributed by atoms with E-state index in [0.29, 0.717) is 23.5 Å². The van der Waals surface area contributed by atoms with Gasteiger partial charge < -0.3 is 14.2 Å². The van der Waals surface area contributed by atoms with Gasteiger partial charge in [0.05, 0.1) is 14.2 Å². The fourth-order valence-corrected chi connectivity index (χ4v) is 1.91. The van der Waals surface area contributed by atoms with Crippen LogP contribution >= 0.6 is 0 Å². The van der Waals surface area contributed by atoms with Crippen molar-refractivity contribution in [3.63, 3.8) is 0 Å². The molecule has 1 aliphatic rings. The van der Waals surface area contributed by atoms with Crippen molar-refractivity contribution in [1.29, 1.82) is 0 Å². The van der Waals surface area contributed by atoms with Crippen LogP contribution in [0.15, 0.2) is 12.1 Å². The third kappa shape index (κ3) is 1.71. The zero-order valence-corrected chi connectivity index (χ0v) is 9.57. The molecule has 16 heavy (non-hydrogen) atoms. The van der Waals surface area contributed by atoms with E-state index < -0.39 is 0 Å². The van der Waals surface area contributed by atoms with Crippen LogP contribution in [0, 0.1) is 0 Å². The molecule has 4 nitrogen and oxygen atoms in total. The molecule has 0 saturated carbocycles. The van der Waals surface area contributed by atoms with E-state index >= 15 is 0 Å². The van der Waals surface area contributed by atoms with Gasteiger partial charge in [-0.15, -0.1) is 0 Å². The molecule has 1 aromatic rings. The van der Waals surface area contributed by atoms with Gasteiger partial charge in [0.15, 0.2) is 0 Å². The van der Waals surface area contributed by atoms with E-state index in [1.54, 1.807) is 13.2 Å². The van der Waals surface area contributed by atoms with Crippen LogP contribution in [0.1, 0.15) is 22.8 Å². The molecule has 1 heterocycles. The van der Waals surface area contributed by atoms with Crippen molar-refractivity contribution in [3.8, 4) is 11.5 Å². The van der Waals surface area contributed by atoms with Gasteiger partial charge in [-0.25, -0.2) is 4.79 Å². The summed E-state index contributed by atoms with van der Waals surface area (Å²) in [6.07, 6.45) is 0.589. The molecular formula is C12H14O4. The number of carbonyl (C=O) groups is 1. The summed E-state index contributed by atoms with van der Waals surface area (Å²) in [5.74, 6) is 0.872. The largest absolute Gasteiger partial charge is 0.497 e. The van der Waals surface area contributed by atoms with Gasteiger partial charge in [0.1, 0.15) is 23.2 Å². The molecule has 86 valence electrons. The van der Waals surface area contributed by atoms with Gasteiger partial charge in [-0.1, -0.05) is 0 Å². The van der Waals surface area contributed by atoms with E-state index in [9.17, 15) is 4.79 Å². The van der Waals surface area contributed by atoms with Gasteiger partial charge in [0, 0.05) is 12.5 Å². The van der Waals surface area contributed by atoms with E-state index in [2.05, 4.69) is 0 Å². The van der Waals surface area contributed by atoms with Crippen molar-refractivity contribution in [1.82, 2.24) is 0 Å². The smallest absolute Gasteiger partial charge is 0.342 e. The number of cyclic esters (lactones) is 1. The predicted octanol–water partition coefficient (Wildman–Crippen LogP) is 1.81. The van der Waals surface area contributed by atoms with Crippen molar-refractivity contribution < 1.29 is 19.0 Å². The summed E-state index contributed by atoms with van der Waals surface area (Å²) in [7, 11) is 3.12. The lowest BCUT2D eigenvalue weighted by molar-refractivity contribution is 0.0296. The zero-order chi connectivity index (χ0) is 11.7. The van der Waals surface area contributed by atoms with Gasteiger partial charge >= 0.3 is 5.97 Å². The number of benzene rings is 1. The number of ether oxygens (including phenoxy) is 3. The Kier molecular flexibility index (Phi) is 2.73. The first kappa shape index (κ1) is 10.8. The second-order valence-electron chi connectivity index (χ2n) is 3.78. The van der Waals surface area contributed by atoms with E-state index in [-0.39, 0.29) is 12.1 Å². The molecule has 1 aliphatic heterocycles. The summed E-state index contributed by atoms with van der Waals surface area (Å²) in [5, 5.41) is 0. The number of esters is 1. The molecule has 1 aromatic carbocycles. The molecule has 0 radical (unpaired) electrons. The summed E-state index contributed by atoms with van der Waals surface area (Å²) in [6.45, 7) is 1.87. The number of hydrogen-bond acceptors (Lipinski definition) is 4. The molecule has 2 rings (SSSR count). The monoisotopic (exact) mass is 222 g/mol. The Balaban J connectivity index is 2.56. The molecule has 0 unspecified atom stereocenters. The third-order valence-corrected chi connectivity index (χ3v) is 2.63. The summed E-state index contributed by atoms with van der Waals surface area (Å²) >= 11 is 0. The normalized spacial score (nSPS) is 18.7. The fraction of sp³-hybridized carbons (Fsp3) is 0.417. The van der Waals surface area contributed by atoms with Crippen LogP contribution in [0.25, 0.3) is 0 Å². The van der Waals surface area contributed by atoms with Crippen molar-refractivity contribution in [3.05, 3.63) is 23.3 Å². The fourth-order valence-electron chi connectivity index (χ4n) is 1.91. The van der Waals surface area contributed by atoms with Crippen LogP contribution in [0.4, 0.5) is 0 Å². The number of fused-ring (bicyclic) bond motifs is 1. The minimum atomic E-state index is -0.326. The van der Waals surface area contributed by atoms with Crippen LogP contribution in [-0.4, -0.2) is 26.3 Å². The van der Waals surface area contributed by atoms with Crippen LogP contribution in [0.2, 0.25) is 0 Å². The minimum Gasteiger partial charge on any atom is -0.497 e. The first-order valence-electron chi connectivity index (χ1n) is 5.11. The van der Waals surface area contributed by atoms with Gasteiger partial charge in [0.25, 0.3) is 0 Å². The molecule has 0 fully saturated rings. The van der Waals surface area contributed by atoms with E-state index in [4.69, 9.17) is 14.2 Å². The minimum absolute atomic E-state index is 0.100. The van der Waals surface area contributed by atoms with Gasteiger partial charge in [-0.05, 0) is 18.6 Å². The Morgan fingerprint density at radius 2 is 2.06 bits per heavy atom. The molecule has 0 aromatic heterocycles. The van der Waals surface area contributed by atoms with Crippen LogP contribution in [-0.2, 0) is 11.2 Å². The average molecular weight is 222 g/mol. The lowest BCUT2D eigenvalue weighted by Gasteiger charge is -2.23. The molecule has 0 spiro atoms. The lowest BCUT2D eigenvalue weighted by Crippen LogP contribution is -2.25. The maximum Gasteiger partial charge on any atom is 0.342 e. The molecule has 0 bridgehead atoms. The molecule has 0 aliphatic carbocycles. The molecular weight excluding hydrogens is 208 g/mol. The summed E-state index contributed by atoms with van der Waals surface area (Å²) < 4.78 is 15.5. The second kappa shape index (κ2) is 4.04. The summed E-state index contributed by atoms with van der Waals surface area (Å²) in [5.41, 5.74) is 1.43. The highest BCUT2D eigenvalue weighted by atomic mass is 16.5. The molecule has 4 heteroatoms. The van der Waals surface area contributed by atoms with Gasteiger partial charge in [-0.2, -0.15) is 0 Å². The van der Waals surface area contributed by atoms with E-state index in [1.807, 2.05) is 13.0 Å². The van der Waals surface area contributed by atoms with Crippen LogP contribution in [0.5, 0.6) is 11.5 Å². The Morgan fingerprint density at radius 1 is 1.31 bits per heavy atom. The Morgan fingerprint density at radius 3 is 2.69 bits per heavy atom. The highest BCUT2D eigenvalue weighted by molar-refractivity contribution is 5.95. The maximum absolute atomic E-state index is 11.7. The number of rotatable bonds is 2. The average Bonchev–Trinajstić information content (AvgIpc) is 2.26. The Bertz CT molecular complexity index is 425. The van der Waals surface area contributed by atoms with Crippen molar-refractivity contribution in [2.45, 2.75) is 19.4 Å². The third-order valence-electron chi connectivity index (χ3n) is 2.63. The SMILES string of the molecule is COc1cc2c(c(OC)c1)C(=O)O[C@@H](C)C2. The topological polar surface area (TPSA) is 44.8 Å². The first-order valence-corrected chi connectivity index (χ1v) is 5.11. The van der Waals surface area contributed by atoms with Crippen LogP contribution in [0.3, 0.4) is 0 Å². The van der Waals surface area contributed by atoms with Gasteiger partial charge in [0.2, 0.25) is 0 Å². The highest BCUT2D eigenvalue weighted by Crippen LogP contribution is 2.33. The summed E-state index contributed by atoms with van der Waals surface area (Å²) in [4.78, 5) is 11.7. The first-order chi connectivity index (χ1) is 7.65. The van der Waals surface area contributed by atoms with Crippen molar-refractivity contribution in [2.24, 2.45) is 0 Å². The van der Waals surface area contributed by atoms with Crippen molar-refractivity contribution in [2.75, 3.05) is 14.2 Å². The quantitative estimate of drug-likeness (QED) is 0.716. The van der Waals surface area contributed by atoms with Gasteiger partial charge in [-0.3, -0.25) is 0 Å². The second-order valence-corrected chi connectivity index (χ2v) is 3.78. The molecule has 0 saturated heterocycles. The summed E-state index contributed by atoms with van der Waals surface area (Å²) in [6, 6.07) is 3.55. The number of methoxy groups -OCH3 is 2. The van der Waals surface area contributed by atoms with Crippen LogP contribution < -0.4 is 9.47 Å². The lowest BCUT2D eigenvalue weighted by atomic mass is 9.98. The predicted molar refractivity (Wildman–Crippen MR) is 58.1 cm³/mol. The zero-order valence-electron chi connectivity index (χ0n) is 9.57. The van der Waals surface area contributed by atoms with E-state index in [1.165, 1.54) is 7.11 Å². The maximum atomic E-state index is 11.7. The standard InChI is InChI=1S/C12H14O4/c1-7-4-8-5-9(14-2)6-10(15-3)11(8)12(13)16-7/h5-7H,4H2,1-3H3/t7-/m0/s1. The number of hydrogen-bond donors (Lipinski definition) is 0. The Labute approximate surface area is 94.1 Å². The number of carbonyl (C=O) groups excluding carboxylic acids is 1. The Hall–Kier alpha value is -1.71. The van der Waals surface area contributed by atoms with Crippen molar-refractivity contribution >= 4 is 5.97 Å². The van der Waals surface area contributed by atoms with E-state index in [0.717, 1.165) is 5.56 Å². The highest BCUT2D eigenvalue weighted by Gasteiger charge is 2.27. The molecule has 0 N–H and O–H groups in total.